The lowest BCUT2D eigenvalue weighted by molar-refractivity contribution is 0.585. The molecule has 0 N–H and O–H groups in total. The molecule has 0 heterocycles. The van der Waals surface area contributed by atoms with E-state index in [-0.39, 0.29) is 0 Å². The Labute approximate surface area is 200 Å². The molecule has 32 heavy (non-hydrogen) atoms. The summed E-state index contributed by atoms with van der Waals surface area (Å²) >= 11 is 0. The van der Waals surface area contributed by atoms with Crippen molar-refractivity contribution in [1.29, 1.82) is 0 Å². The predicted octanol–water partition coefficient (Wildman–Crippen LogP) is 10.7. The lowest BCUT2D eigenvalue weighted by atomic mass is 9.84. The summed E-state index contributed by atoms with van der Waals surface area (Å²) < 4.78 is 0. The number of rotatable bonds is 2. The highest BCUT2D eigenvalue weighted by molar-refractivity contribution is 5.55. The van der Waals surface area contributed by atoms with E-state index in [1.165, 1.54) is 140 Å². The Morgan fingerprint density at radius 1 is 0.500 bits per heavy atom. The zero-order valence-electron chi connectivity index (χ0n) is 20.9. The van der Waals surface area contributed by atoms with Crippen LogP contribution >= 0.6 is 0 Å². The summed E-state index contributed by atoms with van der Waals surface area (Å²) in [6, 6.07) is 0. The van der Waals surface area contributed by atoms with Gasteiger partial charge in [0, 0.05) is 0 Å². The summed E-state index contributed by atoms with van der Waals surface area (Å²) in [5.41, 5.74) is 6.26. The summed E-state index contributed by atoms with van der Waals surface area (Å²) in [5, 5.41) is 0. The molecule has 0 heteroatoms. The van der Waals surface area contributed by atoms with Crippen molar-refractivity contribution >= 4 is 0 Å². The van der Waals surface area contributed by atoms with Crippen LogP contribution in [-0.2, 0) is 0 Å². The van der Waals surface area contributed by atoms with E-state index in [0.29, 0.717) is 0 Å². The second kappa shape index (κ2) is 16.3. The quantitative estimate of drug-likeness (QED) is 0.406. The van der Waals surface area contributed by atoms with Crippen molar-refractivity contribution in [2.75, 3.05) is 0 Å². The van der Waals surface area contributed by atoms with Gasteiger partial charge in [-0.1, -0.05) is 94.6 Å². The minimum atomic E-state index is 1.13. The topological polar surface area (TPSA) is 0 Å². The normalized spacial score (nSPS) is 29.9. The first kappa shape index (κ1) is 25.3. The van der Waals surface area contributed by atoms with Crippen molar-refractivity contribution in [1.82, 2.24) is 0 Å². The number of hydrogen-bond donors (Lipinski definition) is 0. The Kier molecular flexibility index (Phi) is 12.9. The monoisotopic (exact) mass is 433 g/mol. The van der Waals surface area contributed by atoms with Gasteiger partial charge < -0.3 is 0 Å². The average Bonchev–Trinajstić information content (AvgIpc) is 2.81. The average molecular weight is 434 g/mol. The van der Waals surface area contributed by atoms with Gasteiger partial charge in [0.25, 0.3) is 0 Å². The Hall–Kier alpha value is -1.30. The fraction of sp³-hybridized carbons (Fsp3) is 0.688. The Balaban J connectivity index is 1.94. The highest BCUT2D eigenvalue weighted by Crippen LogP contribution is 2.34. The van der Waals surface area contributed by atoms with Crippen molar-refractivity contribution in [3.8, 4) is 0 Å². The van der Waals surface area contributed by atoms with Crippen molar-refractivity contribution in [2.24, 2.45) is 0 Å². The molecule has 0 atom stereocenters. The number of allylic oxidation sites excluding steroid dienone is 10. The van der Waals surface area contributed by atoms with E-state index in [0.717, 1.165) is 6.42 Å². The lowest BCUT2D eigenvalue weighted by Gasteiger charge is -2.21. The molecular weight excluding hydrogens is 384 g/mol. The first-order valence-electron chi connectivity index (χ1n) is 14.3. The van der Waals surface area contributed by atoms with Crippen LogP contribution in [0, 0.1) is 6.08 Å². The van der Waals surface area contributed by atoms with E-state index >= 15 is 0 Å². The third-order valence-electron chi connectivity index (χ3n) is 7.51. The molecule has 0 nitrogen and oxygen atoms in total. The van der Waals surface area contributed by atoms with Gasteiger partial charge in [0.15, 0.2) is 0 Å². The molecule has 0 aromatic heterocycles. The van der Waals surface area contributed by atoms with Crippen molar-refractivity contribution in [3.63, 3.8) is 0 Å². The first-order valence-corrected chi connectivity index (χ1v) is 14.3. The molecule has 0 aliphatic heterocycles. The zero-order valence-corrected chi connectivity index (χ0v) is 20.9. The van der Waals surface area contributed by atoms with Gasteiger partial charge in [0.2, 0.25) is 0 Å². The third kappa shape index (κ3) is 9.68. The molecule has 0 amide bonds. The van der Waals surface area contributed by atoms with Crippen molar-refractivity contribution < 1.29 is 0 Å². The molecule has 3 aliphatic carbocycles. The summed E-state index contributed by atoms with van der Waals surface area (Å²) in [6.45, 7) is 0. The highest BCUT2D eigenvalue weighted by Gasteiger charge is 2.16. The second-order valence-electron chi connectivity index (χ2n) is 10.3. The Morgan fingerprint density at radius 3 is 1.81 bits per heavy atom. The van der Waals surface area contributed by atoms with Crippen LogP contribution < -0.4 is 0 Å². The molecule has 3 aliphatic rings. The van der Waals surface area contributed by atoms with Crippen LogP contribution in [0.3, 0.4) is 0 Å². The maximum Gasteiger partial charge on any atom is -0.0117 e. The van der Waals surface area contributed by atoms with E-state index < -0.39 is 0 Å². The van der Waals surface area contributed by atoms with Crippen LogP contribution in [0.15, 0.2) is 52.7 Å². The molecule has 0 saturated carbocycles. The van der Waals surface area contributed by atoms with E-state index in [1.807, 2.05) is 0 Å². The van der Waals surface area contributed by atoms with Gasteiger partial charge in [-0.05, 0) is 105 Å². The molecule has 177 valence electrons. The molecule has 0 bridgehead atoms. The van der Waals surface area contributed by atoms with Gasteiger partial charge in [0.1, 0.15) is 0 Å². The lowest BCUT2D eigenvalue weighted by Crippen LogP contribution is -2.03. The molecule has 0 unspecified atom stereocenters. The molecule has 3 rings (SSSR count). The molecule has 0 aromatic carbocycles. The Morgan fingerprint density at radius 2 is 1.06 bits per heavy atom. The predicted molar refractivity (Wildman–Crippen MR) is 142 cm³/mol. The molecule has 0 fully saturated rings. The van der Waals surface area contributed by atoms with E-state index in [1.54, 1.807) is 16.7 Å². The van der Waals surface area contributed by atoms with Crippen LogP contribution in [0.1, 0.15) is 141 Å². The summed E-state index contributed by atoms with van der Waals surface area (Å²) in [4.78, 5) is 0. The van der Waals surface area contributed by atoms with Crippen LogP contribution in [0.5, 0.6) is 0 Å². The van der Waals surface area contributed by atoms with Gasteiger partial charge >= 0.3 is 0 Å². The third-order valence-corrected chi connectivity index (χ3v) is 7.51. The molecular formula is C32H49. The summed E-state index contributed by atoms with van der Waals surface area (Å²) in [6.07, 6.45) is 45.9. The Bertz CT molecular complexity index is 666. The smallest absolute Gasteiger partial charge is 0.0117 e. The first-order chi connectivity index (χ1) is 15.9. The zero-order chi connectivity index (χ0) is 22.1. The van der Waals surface area contributed by atoms with Gasteiger partial charge in [-0.15, -0.1) is 0 Å². The van der Waals surface area contributed by atoms with Gasteiger partial charge in [-0.3, -0.25) is 0 Å². The summed E-state index contributed by atoms with van der Waals surface area (Å²) in [5.74, 6) is 0. The maximum absolute atomic E-state index is 4.01. The van der Waals surface area contributed by atoms with Crippen LogP contribution in [-0.4, -0.2) is 0 Å². The van der Waals surface area contributed by atoms with E-state index in [9.17, 15) is 0 Å². The minimum absolute atomic E-state index is 1.13. The highest BCUT2D eigenvalue weighted by atomic mass is 14.2. The van der Waals surface area contributed by atoms with E-state index in [2.05, 4.69) is 36.5 Å². The largest absolute Gasteiger partial charge is 0.0845 e. The van der Waals surface area contributed by atoms with Crippen molar-refractivity contribution in [3.05, 3.63) is 58.7 Å². The molecule has 0 aromatic rings. The van der Waals surface area contributed by atoms with Gasteiger partial charge in [-0.2, -0.15) is 0 Å². The van der Waals surface area contributed by atoms with Crippen molar-refractivity contribution in [2.45, 2.75) is 141 Å². The fourth-order valence-corrected chi connectivity index (χ4v) is 5.50. The van der Waals surface area contributed by atoms with Crippen LogP contribution in [0.25, 0.3) is 0 Å². The van der Waals surface area contributed by atoms with Gasteiger partial charge in [0.05, 0.1) is 0 Å². The van der Waals surface area contributed by atoms with Gasteiger partial charge in [-0.25, -0.2) is 0 Å². The number of hydrogen-bond acceptors (Lipinski definition) is 0. The minimum Gasteiger partial charge on any atom is -0.0845 e. The van der Waals surface area contributed by atoms with Crippen LogP contribution in [0.4, 0.5) is 0 Å². The molecule has 0 spiro atoms. The molecule has 0 saturated heterocycles. The fourth-order valence-electron chi connectivity index (χ4n) is 5.50. The maximum atomic E-state index is 4.01. The SMILES string of the molecule is [C]1=C(/C2=C/C=C/CCCCCC2)C(/C2=C/CCCCCCCC2)=C/CCCCCCCC1. The molecule has 1 radical (unpaired) electrons. The standard InChI is InChI=1S/C32H49/c1-2-10-16-22-28-32(30-25-19-13-7-4-8-14-20-26-30)31(27-21-15-9-1)29-23-17-11-5-3-6-12-18-24-29/h11,17,23,25,28H,1-10,12-16,18-22,24,26H2/b17-11+,29-23+,30-25+,31-27?,32-28+. The second-order valence-corrected chi connectivity index (χ2v) is 10.3. The summed E-state index contributed by atoms with van der Waals surface area (Å²) in [7, 11) is 0. The van der Waals surface area contributed by atoms with E-state index in [4.69, 9.17) is 0 Å². The van der Waals surface area contributed by atoms with Crippen LogP contribution in [0.2, 0.25) is 0 Å².